The third kappa shape index (κ3) is 26.7. The van der Waals surface area contributed by atoms with Crippen molar-refractivity contribution >= 4 is 102 Å². The SMILES string of the molecule is CCC(C)(C)C(=O)C(=O)N1CCCC[C@H]1C(=O)O[C@H](CCc1ccc(OC)c(OC)c1)c1cccc(N)c1.CCC(C)(C)C(=O)C(=O)N1CCCC[C@H]1C(=O)O[C@H](CCc1ccc(OC)c(OC)c1)c1cccc(NC(=O)CCCSSc2ccccn2)c1.O=C(O)CCCSSc1ccccn1. The molecule has 8 rings (SSSR count). The Balaban J connectivity index is 0.000000279. The van der Waals surface area contributed by atoms with E-state index < -0.39 is 76.4 Å². The van der Waals surface area contributed by atoms with E-state index in [9.17, 15) is 38.4 Å². The maximum atomic E-state index is 13.9. The number of hydrogen-bond acceptors (Lipinski definition) is 21. The summed E-state index contributed by atoms with van der Waals surface area (Å²) in [5.74, 6) is 0.0169. The molecule has 0 spiro atoms. The van der Waals surface area contributed by atoms with Crippen LogP contribution in [-0.4, -0.2) is 137 Å². The number of nitrogens with zero attached hydrogens (tertiary/aromatic N) is 4. The number of amides is 3. The van der Waals surface area contributed by atoms with E-state index in [2.05, 4.69) is 15.3 Å². The van der Waals surface area contributed by atoms with Gasteiger partial charge in [-0.25, -0.2) is 19.6 Å². The monoisotopic (exact) mass is 1490 g/mol. The fourth-order valence-electron chi connectivity index (χ4n) is 11.1. The highest BCUT2D eigenvalue weighted by molar-refractivity contribution is 8.77. The number of aryl methyl sites for hydroxylation is 2. The number of nitrogen functional groups attached to an aromatic ring is 1. The maximum Gasteiger partial charge on any atom is 0.329 e. The first-order valence-corrected chi connectivity index (χ1v) is 39.5. The van der Waals surface area contributed by atoms with Crippen LogP contribution in [0.2, 0.25) is 0 Å². The molecule has 21 nitrogen and oxygen atoms in total. The lowest BCUT2D eigenvalue weighted by molar-refractivity contribution is -0.165. The first-order chi connectivity index (χ1) is 49.4. The van der Waals surface area contributed by atoms with Gasteiger partial charge in [-0.2, -0.15) is 0 Å². The zero-order valence-electron chi connectivity index (χ0n) is 60.8. The van der Waals surface area contributed by atoms with E-state index >= 15 is 0 Å². The zero-order valence-corrected chi connectivity index (χ0v) is 64.1. The van der Waals surface area contributed by atoms with Crippen LogP contribution in [0, 0.1) is 10.8 Å². The molecule has 2 fully saturated rings. The van der Waals surface area contributed by atoms with Crippen LogP contribution in [0.3, 0.4) is 0 Å². The Morgan fingerprint density at radius 2 is 1.00 bits per heavy atom. The van der Waals surface area contributed by atoms with Crippen LogP contribution in [0.25, 0.3) is 0 Å². The van der Waals surface area contributed by atoms with Gasteiger partial charge in [0, 0.05) is 72.0 Å². The van der Waals surface area contributed by atoms with E-state index in [0.29, 0.717) is 130 Å². The minimum Gasteiger partial charge on any atom is -0.493 e. The number of ether oxygens (including phenoxy) is 6. The highest BCUT2D eigenvalue weighted by Gasteiger charge is 2.43. The largest absolute Gasteiger partial charge is 0.493 e. The molecule has 3 amide bonds. The van der Waals surface area contributed by atoms with Crippen LogP contribution in [0.5, 0.6) is 23.0 Å². The van der Waals surface area contributed by atoms with Crippen LogP contribution in [0.1, 0.15) is 166 Å². The smallest absolute Gasteiger partial charge is 0.329 e. The van der Waals surface area contributed by atoms with Crippen molar-refractivity contribution in [3.8, 4) is 23.0 Å². The van der Waals surface area contributed by atoms with Crippen molar-refractivity contribution in [2.45, 2.75) is 179 Å². The molecule has 2 aliphatic rings. The molecule has 4 heterocycles. The number of carbonyl (C=O) groups is 8. The minimum atomic E-state index is -0.858. The van der Waals surface area contributed by atoms with Gasteiger partial charge in [-0.15, -0.1) is 0 Å². The molecular formula is C78H100N6O15S4. The molecule has 25 heteroatoms. The molecule has 2 saturated heterocycles. The van der Waals surface area contributed by atoms with Gasteiger partial charge >= 0.3 is 17.9 Å². The lowest BCUT2D eigenvalue weighted by Gasteiger charge is -2.36. The Labute approximate surface area is 622 Å². The van der Waals surface area contributed by atoms with Gasteiger partial charge in [0.25, 0.3) is 11.8 Å². The molecule has 4 aromatic carbocycles. The van der Waals surface area contributed by atoms with Crippen LogP contribution in [0.4, 0.5) is 11.4 Å². The Morgan fingerprint density at radius 3 is 1.42 bits per heavy atom. The molecule has 0 unspecified atom stereocenters. The number of aliphatic carboxylic acids is 1. The number of carboxylic acid groups (broad SMARTS) is 1. The summed E-state index contributed by atoms with van der Waals surface area (Å²) in [5.41, 5.74) is 9.02. The van der Waals surface area contributed by atoms with Gasteiger partial charge in [0.2, 0.25) is 17.5 Å². The van der Waals surface area contributed by atoms with E-state index in [1.54, 1.807) is 124 Å². The van der Waals surface area contributed by atoms with E-state index in [0.717, 1.165) is 57.5 Å². The molecule has 0 radical (unpaired) electrons. The van der Waals surface area contributed by atoms with Crippen LogP contribution in [0.15, 0.2) is 144 Å². The van der Waals surface area contributed by atoms with Crippen molar-refractivity contribution in [3.05, 3.63) is 156 Å². The average Bonchev–Trinajstić information content (AvgIpc) is 0.810. The lowest BCUT2D eigenvalue weighted by Crippen LogP contribution is -2.53. The maximum absolute atomic E-state index is 13.9. The topological polar surface area (TPSA) is 282 Å². The van der Waals surface area contributed by atoms with Crippen molar-refractivity contribution in [2.75, 3.05) is 64.1 Å². The summed E-state index contributed by atoms with van der Waals surface area (Å²) in [4.78, 5) is 114. The predicted octanol–water partition coefficient (Wildman–Crippen LogP) is 15.4. The number of rotatable bonds is 35. The molecule has 2 aliphatic heterocycles. The molecular weight excluding hydrogens is 1390 g/mol. The highest BCUT2D eigenvalue weighted by Crippen LogP contribution is 2.37. The van der Waals surface area contributed by atoms with Gasteiger partial charge < -0.3 is 54.4 Å². The van der Waals surface area contributed by atoms with Crippen molar-refractivity contribution in [1.82, 2.24) is 19.8 Å². The number of methoxy groups -OCH3 is 4. The number of nitrogens with two attached hydrogens (primary N) is 1. The highest BCUT2D eigenvalue weighted by atomic mass is 33.1. The van der Waals surface area contributed by atoms with Crippen LogP contribution >= 0.6 is 43.2 Å². The quantitative estimate of drug-likeness (QED) is 0.0110. The fourth-order valence-corrected chi connectivity index (χ4v) is 15.0. The number of Topliss-reactive ketones (excluding diaryl/α,β-unsaturated/α-hetero) is 2. The normalized spacial score (nSPS) is 14.9. The third-order valence-corrected chi connectivity index (χ3v) is 22.6. The van der Waals surface area contributed by atoms with E-state index in [4.69, 9.17) is 39.3 Å². The number of anilines is 2. The van der Waals surface area contributed by atoms with Gasteiger partial charge in [0.15, 0.2) is 23.0 Å². The van der Waals surface area contributed by atoms with Gasteiger partial charge in [-0.1, -0.05) is 112 Å². The molecule has 4 atom stereocenters. The third-order valence-electron chi connectivity index (χ3n) is 17.9. The van der Waals surface area contributed by atoms with Crippen LogP contribution < -0.4 is 30.0 Å². The number of carbonyl (C=O) groups excluding carboxylic acids is 7. The number of pyridine rings is 2. The summed E-state index contributed by atoms with van der Waals surface area (Å²) < 4.78 is 33.9. The molecule has 4 N–H and O–H groups in total. The summed E-state index contributed by atoms with van der Waals surface area (Å²) in [6.45, 7) is 11.5. The van der Waals surface area contributed by atoms with Crippen LogP contribution in [-0.2, 0) is 60.7 Å². The Hall–Kier alpha value is -8.26. The van der Waals surface area contributed by atoms with Crippen molar-refractivity contribution < 1.29 is 71.9 Å². The standard InChI is InChI=1S/C39H49N3O7S2.C30H40N2O6.C9H11NO2S2/c1-6-39(2,3)36(44)37(45)42-23-10-8-15-30(42)38(46)49-31(20-18-27-19-21-32(47-4)33(25-27)48-5)28-13-11-14-29(26-28)41-34(43)16-12-24-50-51-35-17-7-9-22-40-35;1-6-30(2,3)27(33)28(34)32-17-8-7-12-23(32)29(35)38-24(21-10-9-11-22(31)19-21)15-13-20-14-16-25(36-4)26(18-20)37-5;11-9(12)5-3-7-13-14-8-4-1-2-6-10-8/h7,9,11,13-14,17,19,21-22,25-26,30-31H,6,8,10,12,15-16,18,20,23-24H2,1-5H3,(H,41,43);9-11,14,16,18-19,23-24H,6-8,12-13,15,17,31H2,1-5H3;1-2,4,6H,3,5,7H2,(H,11,12)/t30-,31+;23-,24+;/m00./s1. The Kier molecular flexibility index (Phi) is 35.0. The van der Waals surface area contributed by atoms with Crippen molar-refractivity contribution in [1.29, 1.82) is 0 Å². The minimum absolute atomic E-state index is 0.106. The second-order valence-electron chi connectivity index (χ2n) is 26.1. The molecule has 103 heavy (non-hydrogen) atoms. The molecule has 2 aromatic heterocycles. The van der Waals surface area contributed by atoms with Gasteiger partial charge in [-0.3, -0.25) is 28.8 Å². The number of ketones is 2. The number of likely N-dealkylation sites (tertiary alicyclic amines) is 2. The summed E-state index contributed by atoms with van der Waals surface area (Å²) in [6, 6.07) is 35.8. The number of benzene rings is 4. The summed E-state index contributed by atoms with van der Waals surface area (Å²) in [7, 11) is 12.8. The van der Waals surface area contributed by atoms with Gasteiger partial charge in [-0.05, 0) is 207 Å². The number of piperidine rings is 2. The van der Waals surface area contributed by atoms with E-state index in [1.807, 2.05) is 123 Å². The lowest BCUT2D eigenvalue weighted by atomic mass is 9.84. The fraction of sp³-hybridized carbons (Fsp3) is 0.462. The average molecular weight is 1490 g/mol. The van der Waals surface area contributed by atoms with Gasteiger partial charge in [0.1, 0.15) is 34.3 Å². The second kappa shape index (κ2) is 43.1. The molecule has 0 aliphatic carbocycles. The Bertz CT molecular complexity index is 3740. The molecule has 0 saturated carbocycles. The number of esters is 2. The second-order valence-corrected chi connectivity index (χ2v) is 30.9. The summed E-state index contributed by atoms with van der Waals surface area (Å²) in [6.07, 6.45) is 11.2. The van der Waals surface area contributed by atoms with E-state index in [1.165, 1.54) is 9.80 Å². The Morgan fingerprint density at radius 1 is 0.553 bits per heavy atom. The molecule has 6 aromatic rings. The first-order valence-electron chi connectivity index (χ1n) is 34.9. The number of hydrogen-bond donors (Lipinski definition) is 3. The molecule has 0 bridgehead atoms. The number of nitrogens with one attached hydrogen (secondary N) is 1. The van der Waals surface area contributed by atoms with Crippen molar-refractivity contribution in [2.24, 2.45) is 10.8 Å². The van der Waals surface area contributed by atoms with Gasteiger partial charge in [0.05, 0.1) is 28.4 Å². The summed E-state index contributed by atoms with van der Waals surface area (Å²) in [5, 5.41) is 13.3. The zero-order chi connectivity index (χ0) is 74.9. The predicted molar refractivity (Wildman–Crippen MR) is 407 cm³/mol. The van der Waals surface area contributed by atoms with E-state index in [-0.39, 0.29) is 12.3 Å². The van der Waals surface area contributed by atoms with Crippen molar-refractivity contribution in [3.63, 3.8) is 0 Å². The summed E-state index contributed by atoms with van der Waals surface area (Å²) >= 11 is 0. The number of aromatic nitrogens is 2. The first kappa shape index (κ1) is 83.7. The number of carboxylic acids is 1. The molecule has 556 valence electrons.